The van der Waals surface area contributed by atoms with E-state index in [9.17, 15) is 25.3 Å². The number of hydrogen-bond acceptors (Lipinski definition) is 9. The highest BCUT2D eigenvalue weighted by Gasteiger charge is 2.19. The van der Waals surface area contributed by atoms with Gasteiger partial charge in [-0.05, 0) is 12.1 Å². The number of para-hydroxylation sites is 1. The van der Waals surface area contributed by atoms with Crippen LogP contribution in [0.3, 0.4) is 0 Å². The second-order valence-corrected chi connectivity index (χ2v) is 6.33. The van der Waals surface area contributed by atoms with Crippen LogP contribution in [0.15, 0.2) is 41.5 Å². The third-order valence-electron chi connectivity index (χ3n) is 4.43. The third-order valence-corrected chi connectivity index (χ3v) is 4.43. The Balaban J connectivity index is 1.74. The number of ether oxygens (including phenoxy) is 1. The number of nitro groups is 2. The Bertz CT molecular complexity index is 942. The number of nitrogens with one attached hydrogen (secondary N) is 1. The minimum Gasteiger partial charge on any atom is -0.507 e. The van der Waals surface area contributed by atoms with Crippen LogP contribution in [0, 0.1) is 20.2 Å². The van der Waals surface area contributed by atoms with Crippen molar-refractivity contribution in [2.75, 3.05) is 31.7 Å². The fourth-order valence-electron chi connectivity index (χ4n) is 2.89. The van der Waals surface area contributed by atoms with E-state index in [1.165, 1.54) is 12.3 Å². The molecule has 2 aromatic carbocycles. The summed E-state index contributed by atoms with van der Waals surface area (Å²) in [6.45, 7) is 3.43. The van der Waals surface area contributed by atoms with E-state index in [1.54, 1.807) is 12.1 Å². The zero-order valence-corrected chi connectivity index (χ0v) is 15.4. The Hall–Kier alpha value is -3.57. The topological polar surface area (TPSA) is 143 Å². The van der Waals surface area contributed by atoms with Gasteiger partial charge in [0.25, 0.3) is 5.69 Å². The molecule has 1 fully saturated rings. The van der Waals surface area contributed by atoms with E-state index in [-0.39, 0.29) is 17.1 Å². The number of hydrazone groups is 1. The number of rotatable bonds is 7. The van der Waals surface area contributed by atoms with Crippen LogP contribution < -0.4 is 5.43 Å². The smallest absolute Gasteiger partial charge is 0.301 e. The molecule has 0 atom stereocenters. The number of phenolic OH excluding ortho intramolecular Hbond substituents is 1. The maximum absolute atomic E-state index is 11.2. The van der Waals surface area contributed by atoms with E-state index in [0.717, 1.165) is 30.8 Å². The van der Waals surface area contributed by atoms with Crippen LogP contribution in [-0.4, -0.2) is 52.4 Å². The molecule has 0 saturated carbocycles. The number of phenols is 1. The van der Waals surface area contributed by atoms with Crippen LogP contribution in [0.4, 0.5) is 17.1 Å². The Labute approximate surface area is 165 Å². The SMILES string of the molecule is O=[N+]([O-])c1ccc(N/N=C/c2cccc(CN3CCOCC3)c2O)c([N+](=O)[O-])c1. The highest BCUT2D eigenvalue weighted by molar-refractivity contribution is 5.84. The van der Waals surface area contributed by atoms with Gasteiger partial charge in [-0.1, -0.05) is 12.1 Å². The molecule has 0 spiro atoms. The van der Waals surface area contributed by atoms with Gasteiger partial charge in [-0.3, -0.25) is 30.6 Å². The van der Waals surface area contributed by atoms with Crippen LogP contribution in [0.2, 0.25) is 0 Å². The summed E-state index contributed by atoms with van der Waals surface area (Å²) < 4.78 is 5.31. The van der Waals surface area contributed by atoms with E-state index in [1.807, 2.05) is 6.07 Å². The van der Waals surface area contributed by atoms with Crippen LogP contribution in [0.25, 0.3) is 0 Å². The van der Waals surface area contributed by atoms with Gasteiger partial charge in [0.2, 0.25) is 0 Å². The quantitative estimate of drug-likeness (QED) is 0.409. The van der Waals surface area contributed by atoms with Crippen molar-refractivity contribution in [2.24, 2.45) is 5.10 Å². The van der Waals surface area contributed by atoms with Crippen molar-refractivity contribution in [1.29, 1.82) is 0 Å². The maximum Gasteiger partial charge on any atom is 0.301 e. The van der Waals surface area contributed by atoms with Gasteiger partial charge in [0.15, 0.2) is 0 Å². The van der Waals surface area contributed by atoms with Crippen molar-refractivity contribution in [3.8, 4) is 5.75 Å². The lowest BCUT2D eigenvalue weighted by Crippen LogP contribution is -2.35. The molecule has 0 bridgehead atoms. The van der Waals surface area contributed by atoms with Gasteiger partial charge in [-0.15, -0.1) is 0 Å². The van der Waals surface area contributed by atoms with Gasteiger partial charge in [0.1, 0.15) is 11.4 Å². The van der Waals surface area contributed by atoms with Gasteiger partial charge in [0.05, 0.1) is 35.3 Å². The summed E-state index contributed by atoms with van der Waals surface area (Å²) in [6.07, 6.45) is 1.34. The second kappa shape index (κ2) is 9.08. The van der Waals surface area contributed by atoms with E-state index >= 15 is 0 Å². The predicted molar refractivity (Wildman–Crippen MR) is 105 cm³/mol. The van der Waals surface area contributed by atoms with Crippen molar-refractivity contribution >= 4 is 23.3 Å². The number of morpholine rings is 1. The molecule has 1 saturated heterocycles. The number of hydrogen-bond donors (Lipinski definition) is 2. The summed E-state index contributed by atoms with van der Waals surface area (Å²) in [5.74, 6) is 0.0720. The molecule has 0 aliphatic carbocycles. The summed E-state index contributed by atoms with van der Waals surface area (Å²) >= 11 is 0. The monoisotopic (exact) mass is 401 g/mol. The lowest BCUT2D eigenvalue weighted by Gasteiger charge is -2.26. The van der Waals surface area contributed by atoms with Crippen molar-refractivity contribution in [3.63, 3.8) is 0 Å². The zero-order chi connectivity index (χ0) is 20.8. The lowest BCUT2D eigenvalue weighted by molar-refractivity contribution is -0.393. The Morgan fingerprint density at radius 2 is 1.93 bits per heavy atom. The van der Waals surface area contributed by atoms with Crippen LogP contribution in [0.1, 0.15) is 11.1 Å². The number of nitro benzene ring substituents is 2. The summed E-state index contributed by atoms with van der Waals surface area (Å²) in [7, 11) is 0. The molecule has 1 heterocycles. The zero-order valence-electron chi connectivity index (χ0n) is 15.4. The normalized spacial score (nSPS) is 14.8. The van der Waals surface area contributed by atoms with Crippen molar-refractivity contribution in [2.45, 2.75) is 6.54 Å². The van der Waals surface area contributed by atoms with E-state index in [2.05, 4.69) is 15.4 Å². The summed E-state index contributed by atoms with van der Waals surface area (Å²) in [4.78, 5) is 22.7. The first-order chi connectivity index (χ1) is 14.0. The Morgan fingerprint density at radius 3 is 2.62 bits per heavy atom. The fourth-order valence-corrected chi connectivity index (χ4v) is 2.89. The largest absolute Gasteiger partial charge is 0.507 e. The minimum absolute atomic E-state index is 0.000751. The first-order valence-corrected chi connectivity index (χ1v) is 8.78. The predicted octanol–water partition coefficient (Wildman–Crippen LogP) is 2.49. The molecule has 0 aromatic heterocycles. The molecular weight excluding hydrogens is 382 g/mol. The summed E-state index contributed by atoms with van der Waals surface area (Å²) in [5.41, 5.74) is 2.82. The molecule has 11 nitrogen and oxygen atoms in total. The number of anilines is 1. The number of benzene rings is 2. The average Bonchev–Trinajstić information content (AvgIpc) is 2.71. The second-order valence-electron chi connectivity index (χ2n) is 6.33. The molecule has 0 radical (unpaired) electrons. The highest BCUT2D eigenvalue weighted by atomic mass is 16.6. The van der Waals surface area contributed by atoms with Gasteiger partial charge in [0, 0.05) is 36.8 Å². The highest BCUT2D eigenvalue weighted by Crippen LogP contribution is 2.29. The average molecular weight is 401 g/mol. The van der Waals surface area contributed by atoms with Gasteiger partial charge in [-0.2, -0.15) is 5.10 Å². The minimum atomic E-state index is -0.731. The molecule has 29 heavy (non-hydrogen) atoms. The first kappa shape index (κ1) is 20.2. The number of nitrogens with zero attached hydrogens (tertiary/aromatic N) is 4. The van der Waals surface area contributed by atoms with Crippen LogP contribution in [0.5, 0.6) is 5.75 Å². The molecule has 0 unspecified atom stereocenters. The van der Waals surface area contributed by atoms with E-state index in [4.69, 9.17) is 4.74 Å². The molecule has 11 heteroatoms. The first-order valence-electron chi connectivity index (χ1n) is 8.78. The Kier molecular flexibility index (Phi) is 6.32. The summed E-state index contributed by atoms with van der Waals surface area (Å²) in [6, 6.07) is 8.47. The van der Waals surface area contributed by atoms with Crippen molar-refractivity contribution < 1.29 is 19.7 Å². The number of non-ortho nitro benzene ring substituents is 1. The molecule has 2 N–H and O–H groups in total. The molecule has 152 valence electrons. The van der Waals surface area contributed by atoms with Crippen molar-refractivity contribution in [1.82, 2.24) is 4.90 Å². The fraction of sp³-hybridized carbons (Fsp3) is 0.278. The molecule has 3 rings (SSSR count). The summed E-state index contributed by atoms with van der Waals surface area (Å²) in [5, 5.41) is 36.4. The third kappa shape index (κ3) is 5.03. The van der Waals surface area contributed by atoms with Crippen LogP contribution >= 0.6 is 0 Å². The van der Waals surface area contributed by atoms with E-state index in [0.29, 0.717) is 25.3 Å². The molecule has 0 amide bonds. The van der Waals surface area contributed by atoms with Crippen molar-refractivity contribution in [3.05, 3.63) is 67.8 Å². The van der Waals surface area contributed by atoms with Gasteiger partial charge < -0.3 is 9.84 Å². The molecule has 1 aliphatic heterocycles. The van der Waals surface area contributed by atoms with Gasteiger partial charge in [-0.25, -0.2) is 0 Å². The van der Waals surface area contributed by atoms with E-state index < -0.39 is 15.5 Å². The standard InChI is InChI=1S/C18H19N5O6/c24-18-13(2-1-3-14(18)12-21-6-8-29-9-7-21)11-19-20-16-5-4-15(22(25)26)10-17(16)23(27)28/h1-5,10-11,20,24H,6-9,12H2/b19-11+. The maximum atomic E-state index is 11.2. The molecule has 1 aliphatic rings. The molecule has 2 aromatic rings. The number of aromatic hydroxyl groups is 1. The van der Waals surface area contributed by atoms with Crippen LogP contribution in [-0.2, 0) is 11.3 Å². The molecular formula is C18H19N5O6. The Morgan fingerprint density at radius 1 is 1.17 bits per heavy atom. The van der Waals surface area contributed by atoms with Gasteiger partial charge >= 0.3 is 5.69 Å². The lowest BCUT2D eigenvalue weighted by atomic mass is 10.1.